The topological polar surface area (TPSA) is 46.5 Å². The van der Waals surface area contributed by atoms with Crippen molar-refractivity contribution in [2.24, 2.45) is 0 Å². The van der Waals surface area contributed by atoms with Gasteiger partial charge in [-0.1, -0.05) is 55.1 Å². The number of hydrogen-bond acceptors (Lipinski definition) is 3. The number of carbonyl (C=O) groups excluding carboxylic acids is 1. The molecule has 0 radical (unpaired) electrons. The Morgan fingerprint density at radius 1 is 1.29 bits per heavy atom. The maximum absolute atomic E-state index is 11.7. The van der Waals surface area contributed by atoms with E-state index in [0.29, 0.717) is 5.57 Å². The standard InChI is InChI=1S/C18H18O3/c1-3-7-16(17(19)18(20)21-4-2)15-11-10-13-8-5-6-9-14(13)12-15/h3,5-12,17,19H,1,4H2,2H3/b16-7+/t17-/m0/s1. The number of aliphatic hydroxyl groups is 1. The molecule has 3 nitrogen and oxygen atoms in total. The summed E-state index contributed by atoms with van der Waals surface area (Å²) in [5, 5.41) is 12.3. The number of rotatable bonds is 5. The largest absolute Gasteiger partial charge is 0.464 e. The number of fused-ring (bicyclic) bond motifs is 1. The summed E-state index contributed by atoms with van der Waals surface area (Å²) in [6, 6.07) is 13.7. The van der Waals surface area contributed by atoms with Crippen LogP contribution < -0.4 is 0 Å². The highest BCUT2D eigenvalue weighted by atomic mass is 16.5. The number of aliphatic hydroxyl groups excluding tert-OH is 1. The summed E-state index contributed by atoms with van der Waals surface area (Å²) in [4.78, 5) is 11.7. The molecule has 0 aliphatic rings. The number of esters is 1. The molecule has 0 fully saturated rings. The van der Waals surface area contributed by atoms with Gasteiger partial charge in [0, 0.05) is 0 Å². The Labute approximate surface area is 124 Å². The maximum Gasteiger partial charge on any atom is 0.339 e. The van der Waals surface area contributed by atoms with Gasteiger partial charge in [0.1, 0.15) is 0 Å². The van der Waals surface area contributed by atoms with Gasteiger partial charge in [0.05, 0.1) is 6.61 Å². The van der Waals surface area contributed by atoms with Crippen molar-refractivity contribution >= 4 is 22.3 Å². The molecule has 0 amide bonds. The van der Waals surface area contributed by atoms with E-state index in [2.05, 4.69) is 6.58 Å². The molecular weight excluding hydrogens is 264 g/mol. The lowest BCUT2D eigenvalue weighted by Crippen LogP contribution is -2.24. The lowest BCUT2D eigenvalue weighted by Gasteiger charge is -2.14. The van der Waals surface area contributed by atoms with Gasteiger partial charge in [-0.2, -0.15) is 0 Å². The Kier molecular flexibility index (Phi) is 4.90. The molecule has 1 N–H and O–H groups in total. The Morgan fingerprint density at radius 2 is 2.00 bits per heavy atom. The van der Waals surface area contributed by atoms with Crippen molar-refractivity contribution in [3.05, 3.63) is 66.8 Å². The average molecular weight is 282 g/mol. The SMILES string of the molecule is C=C/C=C(\c1ccc2ccccc2c1)[C@H](O)C(=O)OCC. The molecule has 108 valence electrons. The normalized spacial score (nSPS) is 13.0. The number of carbonyl (C=O) groups is 1. The van der Waals surface area contributed by atoms with Crippen LogP contribution in [0.2, 0.25) is 0 Å². The van der Waals surface area contributed by atoms with Crippen molar-refractivity contribution in [3.8, 4) is 0 Å². The van der Waals surface area contributed by atoms with Crippen LogP contribution in [-0.2, 0) is 9.53 Å². The molecule has 0 unspecified atom stereocenters. The van der Waals surface area contributed by atoms with E-state index < -0.39 is 12.1 Å². The zero-order valence-corrected chi connectivity index (χ0v) is 12.0. The van der Waals surface area contributed by atoms with Crippen LogP contribution in [-0.4, -0.2) is 23.8 Å². The lowest BCUT2D eigenvalue weighted by atomic mass is 9.97. The predicted molar refractivity (Wildman–Crippen MR) is 84.8 cm³/mol. The van der Waals surface area contributed by atoms with Gasteiger partial charge < -0.3 is 9.84 Å². The number of allylic oxidation sites excluding steroid dienone is 2. The molecular formula is C18H18O3. The molecule has 0 saturated heterocycles. The van der Waals surface area contributed by atoms with Crippen LogP contribution in [0.1, 0.15) is 12.5 Å². The summed E-state index contributed by atoms with van der Waals surface area (Å²) in [5.74, 6) is -0.654. The highest BCUT2D eigenvalue weighted by Crippen LogP contribution is 2.24. The third-order valence-corrected chi connectivity index (χ3v) is 3.18. The van der Waals surface area contributed by atoms with Crippen molar-refractivity contribution < 1.29 is 14.6 Å². The maximum atomic E-state index is 11.7. The van der Waals surface area contributed by atoms with Gasteiger partial charge in [-0.25, -0.2) is 4.79 Å². The van der Waals surface area contributed by atoms with Crippen molar-refractivity contribution in [1.82, 2.24) is 0 Å². The first-order chi connectivity index (χ1) is 10.2. The quantitative estimate of drug-likeness (QED) is 0.676. The van der Waals surface area contributed by atoms with Gasteiger partial charge >= 0.3 is 5.97 Å². The Hall–Kier alpha value is -2.39. The second kappa shape index (κ2) is 6.86. The molecule has 0 spiro atoms. The van der Waals surface area contributed by atoms with E-state index in [-0.39, 0.29) is 6.61 Å². The van der Waals surface area contributed by atoms with Crippen LogP contribution >= 0.6 is 0 Å². The lowest BCUT2D eigenvalue weighted by molar-refractivity contribution is -0.149. The molecule has 3 heteroatoms. The van der Waals surface area contributed by atoms with E-state index in [1.807, 2.05) is 42.5 Å². The van der Waals surface area contributed by atoms with Crippen molar-refractivity contribution in [2.45, 2.75) is 13.0 Å². The predicted octanol–water partition coefficient (Wildman–Crippen LogP) is 3.33. The molecule has 0 aliphatic heterocycles. The minimum Gasteiger partial charge on any atom is -0.464 e. The fraction of sp³-hybridized carbons (Fsp3) is 0.167. The van der Waals surface area contributed by atoms with Crippen molar-refractivity contribution in [2.75, 3.05) is 6.61 Å². The molecule has 2 rings (SSSR count). The van der Waals surface area contributed by atoms with Gasteiger partial charge in [-0.3, -0.25) is 0 Å². The Bertz CT molecular complexity index is 686. The van der Waals surface area contributed by atoms with E-state index in [1.165, 1.54) is 0 Å². The first kappa shape index (κ1) is 15.0. The van der Waals surface area contributed by atoms with Gasteiger partial charge in [-0.05, 0) is 34.9 Å². The molecule has 0 aromatic heterocycles. The number of hydrogen-bond donors (Lipinski definition) is 1. The molecule has 0 bridgehead atoms. The fourth-order valence-corrected chi connectivity index (χ4v) is 2.19. The fourth-order valence-electron chi connectivity index (χ4n) is 2.19. The van der Waals surface area contributed by atoms with Crippen LogP contribution in [0.4, 0.5) is 0 Å². The zero-order valence-electron chi connectivity index (χ0n) is 12.0. The van der Waals surface area contributed by atoms with E-state index in [9.17, 15) is 9.90 Å². The minimum absolute atomic E-state index is 0.231. The highest BCUT2D eigenvalue weighted by molar-refractivity contribution is 5.94. The second-order valence-electron chi connectivity index (χ2n) is 4.57. The third kappa shape index (κ3) is 3.38. The van der Waals surface area contributed by atoms with Gasteiger partial charge in [0.15, 0.2) is 6.10 Å². The van der Waals surface area contributed by atoms with E-state index in [1.54, 1.807) is 19.1 Å². The summed E-state index contributed by atoms with van der Waals surface area (Å²) in [6.07, 6.45) is 1.86. The Balaban J connectivity index is 2.43. The van der Waals surface area contributed by atoms with Crippen LogP contribution in [0.25, 0.3) is 16.3 Å². The van der Waals surface area contributed by atoms with E-state index in [4.69, 9.17) is 4.74 Å². The number of benzene rings is 2. The first-order valence-electron chi connectivity index (χ1n) is 6.84. The molecule has 2 aromatic carbocycles. The molecule has 0 heterocycles. The van der Waals surface area contributed by atoms with Gasteiger partial charge in [0.2, 0.25) is 0 Å². The number of ether oxygens (including phenoxy) is 1. The average Bonchev–Trinajstić information content (AvgIpc) is 2.51. The molecule has 1 atom stereocenters. The first-order valence-corrected chi connectivity index (χ1v) is 6.84. The summed E-state index contributed by atoms with van der Waals surface area (Å²) in [5.41, 5.74) is 1.25. The van der Waals surface area contributed by atoms with Crippen molar-refractivity contribution in [3.63, 3.8) is 0 Å². The summed E-state index contributed by atoms with van der Waals surface area (Å²) < 4.78 is 4.88. The molecule has 0 aliphatic carbocycles. The monoisotopic (exact) mass is 282 g/mol. The van der Waals surface area contributed by atoms with Crippen LogP contribution in [0, 0.1) is 0 Å². The molecule has 2 aromatic rings. The molecule has 21 heavy (non-hydrogen) atoms. The zero-order chi connectivity index (χ0) is 15.2. The van der Waals surface area contributed by atoms with E-state index >= 15 is 0 Å². The van der Waals surface area contributed by atoms with Crippen molar-refractivity contribution in [1.29, 1.82) is 0 Å². The summed E-state index contributed by atoms with van der Waals surface area (Å²) in [7, 11) is 0. The van der Waals surface area contributed by atoms with Crippen LogP contribution in [0.15, 0.2) is 61.2 Å². The second-order valence-corrected chi connectivity index (χ2v) is 4.57. The summed E-state index contributed by atoms with van der Waals surface area (Å²) >= 11 is 0. The summed E-state index contributed by atoms with van der Waals surface area (Å²) in [6.45, 7) is 5.57. The van der Waals surface area contributed by atoms with Crippen LogP contribution in [0.3, 0.4) is 0 Å². The third-order valence-electron chi connectivity index (χ3n) is 3.18. The smallest absolute Gasteiger partial charge is 0.339 e. The van der Waals surface area contributed by atoms with Gasteiger partial charge in [0.25, 0.3) is 0 Å². The van der Waals surface area contributed by atoms with E-state index in [0.717, 1.165) is 16.3 Å². The van der Waals surface area contributed by atoms with Gasteiger partial charge in [-0.15, -0.1) is 0 Å². The van der Waals surface area contributed by atoms with Crippen LogP contribution in [0.5, 0.6) is 0 Å². The minimum atomic E-state index is -1.32. The Morgan fingerprint density at radius 3 is 2.67 bits per heavy atom. The molecule has 0 saturated carbocycles. The highest BCUT2D eigenvalue weighted by Gasteiger charge is 2.22.